The zero-order valence-corrected chi connectivity index (χ0v) is 9.39. The Balaban J connectivity index is 2.16. The first-order valence-electron chi connectivity index (χ1n) is 4.72. The summed E-state index contributed by atoms with van der Waals surface area (Å²) >= 11 is 11.7. The summed E-state index contributed by atoms with van der Waals surface area (Å²) in [7, 11) is 0. The molecule has 0 spiro atoms. The highest BCUT2D eigenvalue weighted by atomic mass is 35.5. The molecule has 0 heterocycles. The van der Waals surface area contributed by atoms with Gasteiger partial charge in [0.2, 0.25) is 0 Å². The SMILES string of the molecule is C[C@@H](O)[C@H]1C[C@@H]1c1ccc(Cl)c(Cl)c1. The number of hydrogen-bond donors (Lipinski definition) is 1. The molecule has 1 nitrogen and oxygen atoms in total. The molecular weight excluding hydrogens is 219 g/mol. The van der Waals surface area contributed by atoms with E-state index < -0.39 is 0 Å². The van der Waals surface area contributed by atoms with Gasteiger partial charge in [-0.25, -0.2) is 0 Å². The fourth-order valence-electron chi connectivity index (χ4n) is 1.87. The Morgan fingerprint density at radius 2 is 2.07 bits per heavy atom. The molecule has 0 bridgehead atoms. The lowest BCUT2D eigenvalue weighted by Gasteiger charge is -2.04. The van der Waals surface area contributed by atoms with E-state index in [9.17, 15) is 5.11 Å². The highest BCUT2D eigenvalue weighted by Crippen LogP contribution is 2.50. The van der Waals surface area contributed by atoms with Crippen LogP contribution in [-0.4, -0.2) is 11.2 Å². The molecule has 1 aliphatic carbocycles. The van der Waals surface area contributed by atoms with Crippen LogP contribution in [0.1, 0.15) is 24.8 Å². The first-order chi connectivity index (χ1) is 6.59. The normalized spacial score (nSPS) is 27.4. The predicted molar refractivity (Wildman–Crippen MR) is 59.0 cm³/mol. The second-order valence-corrected chi connectivity index (χ2v) is 4.73. The average molecular weight is 231 g/mol. The molecule has 76 valence electrons. The third-order valence-corrected chi connectivity index (χ3v) is 3.57. The molecule has 2 rings (SSSR count). The summed E-state index contributed by atoms with van der Waals surface area (Å²) < 4.78 is 0. The summed E-state index contributed by atoms with van der Waals surface area (Å²) in [4.78, 5) is 0. The third-order valence-electron chi connectivity index (χ3n) is 2.83. The van der Waals surface area contributed by atoms with Crippen LogP contribution >= 0.6 is 23.2 Å². The van der Waals surface area contributed by atoms with Crippen molar-refractivity contribution in [2.24, 2.45) is 5.92 Å². The Labute approximate surface area is 93.7 Å². The van der Waals surface area contributed by atoms with Gasteiger partial charge < -0.3 is 5.11 Å². The molecule has 0 aromatic heterocycles. The maximum atomic E-state index is 9.39. The van der Waals surface area contributed by atoms with E-state index in [1.807, 2.05) is 25.1 Å². The minimum atomic E-state index is -0.227. The van der Waals surface area contributed by atoms with Crippen molar-refractivity contribution in [1.82, 2.24) is 0 Å². The van der Waals surface area contributed by atoms with E-state index in [-0.39, 0.29) is 6.10 Å². The largest absolute Gasteiger partial charge is 0.393 e. The lowest BCUT2D eigenvalue weighted by atomic mass is 10.1. The second kappa shape index (κ2) is 3.73. The molecule has 1 saturated carbocycles. The molecule has 14 heavy (non-hydrogen) atoms. The van der Waals surface area contributed by atoms with Crippen LogP contribution in [0.25, 0.3) is 0 Å². The van der Waals surface area contributed by atoms with Gasteiger partial charge in [0.25, 0.3) is 0 Å². The van der Waals surface area contributed by atoms with Crippen LogP contribution in [0.3, 0.4) is 0 Å². The van der Waals surface area contributed by atoms with E-state index >= 15 is 0 Å². The Kier molecular flexibility index (Phi) is 2.74. The lowest BCUT2D eigenvalue weighted by molar-refractivity contribution is 0.169. The van der Waals surface area contributed by atoms with Gasteiger partial charge in [-0.05, 0) is 42.9 Å². The quantitative estimate of drug-likeness (QED) is 0.826. The van der Waals surface area contributed by atoms with E-state index in [1.165, 1.54) is 5.56 Å². The van der Waals surface area contributed by atoms with Crippen LogP contribution in [-0.2, 0) is 0 Å². The Morgan fingerprint density at radius 1 is 1.36 bits per heavy atom. The van der Waals surface area contributed by atoms with E-state index in [2.05, 4.69) is 0 Å². The summed E-state index contributed by atoms with van der Waals surface area (Å²) in [6.07, 6.45) is 0.824. The summed E-state index contributed by atoms with van der Waals surface area (Å²) in [5.41, 5.74) is 1.19. The second-order valence-electron chi connectivity index (χ2n) is 3.92. The maximum Gasteiger partial charge on any atom is 0.0595 e. The van der Waals surface area contributed by atoms with Gasteiger partial charge in [-0.2, -0.15) is 0 Å². The third kappa shape index (κ3) is 1.90. The molecule has 0 aliphatic heterocycles. The molecule has 1 fully saturated rings. The molecule has 0 amide bonds. The van der Waals surface area contributed by atoms with Gasteiger partial charge in [0.15, 0.2) is 0 Å². The molecule has 1 aromatic carbocycles. The number of aliphatic hydroxyl groups excluding tert-OH is 1. The predicted octanol–water partition coefficient (Wildman–Crippen LogP) is 3.48. The fraction of sp³-hybridized carbons (Fsp3) is 0.455. The van der Waals surface area contributed by atoms with E-state index in [1.54, 1.807) is 0 Å². The summed E-state index contributed by atoms with van der Waals surface area (Å²) in [5, 5.41) is 10.6. The fourth-order valence-corrected chi connectivity index (χ4v) is 2.18. The number of hydrogen-bond acceptors (Lipinski definition) is 1. The van der Waals surface area contributed by atoms with Crippen molar-refractivity contribution >= 4 is 23.2 Å². The van der Waals surface area contributed by atoms with Gasteiger partial charge in [-0.15, -0.1) is 0 Å². The molecular formula is C11H12Cl2O. The van der Waals surface area contributed by atoms with Gasteiger partial charge in [0.1, 0.15) is 0 Å². The number of rotatable bonds is 2. The topological polar surface area (TPSA) is 20.2 Å². The number of halogens is 2. The van der Waals surface area contributed by atoms with E-state index in [0.29, 0.717) is 21.9 Å². The van der Waals surface area contributed by atoms with Crippen LogP contribution in [0.4, 0.5) is 0 Å². The highest BCUT2D eigenvalue weighted by Gasteiger charge is 2.41. The molecule has 3 heteroatoms. The monoisotopic (exact) mass is 230 g/mol. The summed E-state index contributed by atoms with van der Waals surface area (Å²) in [6.45, 7) is 1.84. The first kappa shape index (κ1) is 10.3. The van der Waals surface area contributed by atoms with Crippen molar-refractivity contribution in [3.8, 4) is 0 Å². The lowest BCUT2D eigenvalue weighted by Crippen LogP contribution is -2.03. The molecule has 3 atom stereocenters. The zero-order valence-electron chi connectivity index (χ0n) is 7.87. The van der Waals surface area contributed by atoms with Gasteiger partial charge in [-0.1, -0.05) is 29.3 Å². The van der Waals surface area contributed by atoms with Crippen molar-refractivity contribution in [3.63, 3.8) is 0 Å². The molecule has 0 radical (unpaired) electrons. The smallest absolute Gasteiger partial charge is 0.0595 e. The van der Waals surface area contributed by atoms with Crippen molar-refractivity contribution in [1.29, 1.82) is 0 Å². The Bertz CT molecular complexity index is 349. The van der Waals surface area contributed by atoms with Crippen molar-refractivity contribution < 1.29 is 5.11 Å². The Morgan fingerprint density at radius 3 is 2.57 bits per heavy atom. The van der Waals surface area contributed by atoms with Crippen LogP contribution in [0.15, 0.2) is 18.2 Å². The first-order valence-corrected chi connectivity index (χ1v) is 5.48. The molecule has 1 N–H and O–H groups in total. The molecule has 0 unspecified atom stereocenters. The minimum Gasteiger partial charge on any atom is -0.393 e. The standard InChI is InChI=1S/C11H12Cl2O/c1-6(14)8-5-9(8)7-2-3-10(12)11(13)4-7/h2-4,6,8-9,14H,5H2,1H3/t6-,8-,9-/m1/s1. The van der Waals surface area contributed by atoms with Crippen LogP contribution in [0, 0.1) is 5.92 Å². The Hall–Kier alpha value is -0.240. The van der Waals surface area contributed by atoms with E-state index in [4.69, 9.17) is 23.2 Å². The summed E-state index contributed by atoms with van der Waals surface area (Å²) in [5.74, 6) is 0.858. The summed E-state index contributed by atoms with van der Waals surface area (Å²) in [6, 6.07) is 5.70. The van der Waals surface area contributed by atoms with Gasteiger partial charge in [0.05, 0.1) is 16.1 Å². The van der Waals surface area contributed by atoms with Gasteiger partial charge >= 0.3 is 0 Å². The van der Waals surface area contributed by atoms with Gasteiger partial charge in [-0.3, -0.25) is 0 Å². The van der Waals surface area contributed by atoms with Crippen LogP contribution < -0.4 is 0 Å². The van der Waals surface area contributed by atoms with E-state index in [0.717, 1.165) is 6.42 Å². The van der Waals surface area contributed by atoms with Crippen LogP contribution in [0.2, 0.25) is 10.0 Å². The molecule has 1 aliphatic rings. The number of benzene rings is 1. The molecule has 1 aromatic rings. The van der Waals surface area contributed by atoms with Crippen molar-refractivity contribution in [2.75, 3.05) is 0 Å². The van der Waals surface area contributed by atoms with Gasteiger partial charge in [0, 0.05) is 0 Å². The zero-order chi connectivity index (χ0) is 10.3. The van der Waals surface area contributed by atoms with Crippen molar-refractivity contribution in [3.05, 3.63) is 33.8 Å². The minimum absolute atomic E-state index is 0.227. The highest BCUT2D eigenvalue weighted by molar-refractivity contribution is 6.42. The molecule has 0 saturated heterocycles. The van der Waals surface area contributed by atoms with Crippen LogP contribution in [0.5, 0.6) is 0 Å². The average Bonchev–Trinajstić information content (AvgIpc) is 2.89. The maximum absolute atomic E-state index is 9.39. The number of aliphatic hydroxyl groups is 1. The van der Waals surface area contributed by atoms with Crippen molar-refractivity contribution in [2.45, 2.75) is 25.4 Å².